The number of hydrogen-bond donors (Lipinski definition) is 0. The Morgan fingerprint density at radius 1 is 1.37 bits per heavy atom. The second-order valence-electron chi connectivity index (χ2n) is 4.33. The van der Waals surface area contributed by atoms with E-state index in [-0.39, 0.29) is 11.8 Å². The van der Waals surface area contributed by atoms with E-state index >= 15 is 0 Å². The molecule has 1 aromatic heterocycles. The van der Waals surface area contributed by atoms with Gasteiger partial charge < -0.3 is 0 Å². The molecule has 0 radical (unpaired) electrons. The number of ketones is 1. The second-order valence-corrected chi connectivity index (χ2v) is 6.03. The molecule has 0 bridgehead atoms. The fraction of sp³-hybridized carbons (Fsp3) is 0.231. The quantitative estimate of drug-likeness (QED) is 0.738. The zero-order valence-corrected chi connectivity index (χ0v) is 13.4. The van der Waals surface area contributed by atoms with Crippen molar-refractivity contribution in [2.75, 3.05) is 0 Å². The number of halogens is 3. The van der Waals surface area contributed by atoms with Gasteiger partial charge in [-0.05, 0) is 48.0 Å². The molecular weight excluding hydrogens is 351 g/mol. The summed E-state index contributed by atoms with van der Waals surface area (Å²) in [6.45, 7) is 3.92. The van der Waals surface area contributed by atoms with Crippen molar-refractivity contribution in [2.45, 2.75) is 19.9 Å². The average Bonchev–Trinajstić information content (AvgIpc) is 2.70. The van der Waals surface area contributed by atoms with E-state index in [0.717, 1.165) is 0 Å². The SMILES string of the molecule is CC(C)n1ncc(Br)c1C(=O)c1ccc(Cl)cc1Cl. The maximum absolute atomic E-state index is 12.6. The highest BCUT2D eigenvalue weighted by Crippen LogP contribution is 2.27. The van der Waals surface area contributed by atoms with Crippen LogP contribution in [0.25, 0.3) is 0 Å². The fourth-order valence-electron chi connectivity index (χ4n) is 1.75. The first-order chi connectivity index (χ1) is 8.91. The first kappa shape index (κ1) is 14.6. The van der Waals surface area contributed by atoms with E-state index in [0.29, 0.717) is 25.8 Å². The predicted molar refractivity (Wildman–Crippen MR) is 80.2 cm³/mol. The Hall–Kier alpha value is -0.840. The molecule has 6 heteroatoms. The zero-order chi connectivity index (χ0) is 14.2. The van der Waals surface area contributed by atoms with Crippen LogP contribution in [0.15, 0.2) is 28.9 Å². The molecule has 0 unspecified atom stereocenters. The Kier molecular flexibility index (Phi) is 4.33. The Morgan fingerprint density at radius 2 is 2.05 bits per heavy atom. The third-order valence-corrected chi connectivity index (χ3v) is 3.76. The molecule has 0 aliphatic rings. The highest BCUT2D eigenvalue weighted by molar-refractivity contribution is 9.10. The van der Waals surface area contributed by atoms with Crippen LogP contribution in [0.3, 0.4) is 0 Å². The van der Waals surface area contributed by atoms with Gasteiger partial charge in [0.05, 0.1) is 15.7 Å². The van der Waals surface area contributed by atoms with Crippen LogP contribution in [-0.2, 0) is 0 Å². The predicted octanol–water partition coefficient (Wildman–Crippen LogP) is 4.76. The Bertz CT molecular complexity index is 638. The smallest absolute Gasteiger partial charge is 0.213 e. The molecule has 0 spiro atoms. The van der Waals surface area contributed by atoms with Crippen molar-refractivity contribution in [3.63, 3.8) is 0 Å². The van der Waals surface area contributed by atoms with E-state index in [2.05, 4.69) is 21.0 Å². The lowest BCUT2D eigenvalue weighted by Crippen LogP contribution is -2.14. The van der Waals surface area contributed by atoms with Crippen LogP contribution in [0.5, 0.6) is 0 Å². The molecule has 1 heterocycles. The summed E-state index contributed by atoms with van der Waals surface area (Å²) in [5.41, 5.74) is 0.897. The van der Waals surface area contributed by atoms with Gasteiger partial charge >= 0.3 is 0 Å². The number of carbonyl (C=O) groups is 1. The van der Waals surface area contributed by atoms with Crippen molar-refractivity contribution >= 4 is 44.9 Å². The molecule has 2 aromatic rings. The van der Waals surface area contributed by atoms with Crippen LogP contribution in [0.1, 0.15) is 35.9 Å². The lowest BCUT2D eigenvalue weighted by molar-refractivity contribution is 0.102. The van der Waals surface area contributed by atoms with E-state index in [1.807, 2.05) is 13.8 Å². The zero-order valence-electron chi connectivity index (χ0n) is 10.3. The molecule has 100 valence electrons. The van der Waals surface area contributed by atoms with Crippen molar-refractivity contribution in [3.8, 4) is 0 Å². The molecule has 0 aliphatic heterocycles. The standard InChI is InChI=1S/C13H11BrCl2N2O/c1-7(2)18-12(10(14)6-17-18)13(19)9-4-3-8(15)5-11(9)16/h3-7H,1-2H3. The lowest BCUT2D eigenvalue weighted by atomic mass is 10.1. The van der Waals surface area contributed by atoms with E-state index in [4.69, 9.17) is 23.2 Å². The van der Waals surface area contributed by atoms with Crippen LogP contribution >= 0.6 is 39.1 Å². The number of carbonyl (C=O) groups excluding carboxylic acids is 1. The van der Waals surface area contributed by atoms with Gasteiger partial charge in [0.2, 0.25) is 5.78 Å². The van der Waals surface area contributed by atoms with Gasteiger partial charge in [-0.3, -0.25) is 9.48 Å². The molecule has 3 nitrogen and oxygen atoms in total. The molecule has 0 atom stereocenters. The summed E-state index contributed by atoms with van der Waals surface area (Å²) in [5, 5.41) is 5.02. The average molecular weight is 362 g/mol. The van der Waals surface area contributed by atoms with Crippen molar-refractivity contribution in [1.82, 2.24) is 9.78 Å². The lowest BCUT2D eigenvalue weighted by Gasteiger charge is -2.11. The van der Waals surface area contributed by atoms with Crippen molar-refractivity contribution in [3.05, 3.63) is 50.2 Å². The monoisotopic (exact) mass is 360 g/mol. The highest BCUT2D eigenvalue weighted by Gasteiger charge is 2.22. The van der Waals surface area contributed by atoms with Gasteiger partial charge in [-0.1, -0.05) is 23.2 Å². The summed E-state index contributed by atoms with van der Waals surface area (Å²) in [6, 6.07) is 4.90. The molecule has 0 fully saturated rings. The van der Waals surface area contributed by atoms with E-state index in [9.17, 15) is 4.79 Å². The van der Waals surface area contributed by atoms with Crippen LogP contribution < -0.4 is 0 Å². The summed E-state index contributed by atoms with van der Waals surface area (Å²) < 4.78 is 2.31. The van der Waals surface area contributed by atoms with E-state index < -0.39 is 0 Å². The third-order valence-electron chi connectivity index (χ3n) is 2.63. The van der Waals surface area contributed by atoms with Gasteiger partial charge in [0.1, 0.15) is 5.69 Å². The minimum absolute atomic E-state index is 0.0799. The maximum Gasteiger partial charge on any atom is 0.213 e. The van der Waals surface area contributed by atoms with Crippen LogP contribution in [0.4, 0.5) is 0 Å². The van der Waals surface area contributed by atoms with Gasteiger partial charge in [0.25, 0.3) is 0 Å². The Balaban J connectivity index is 2.53. The van der Waals surface area contributed by atoms with Crippen LogP contribution in [0, 0.1) is 0 Å². The summed E-state index contributed by atoms with van der Waals surface area (Å²) in [6.07, 6.45) is 1.61. The topological polar surface area (TPSA) is 34.9 Å². The molecule has 2 rings (SSSR count). The maximum atomic E-state index is 12.6. The molecule has 0 saturated carbocycles. The summed E-state index contributed by atoms with van der Waals surface area (Å²) in [4.78, 5) is 12.6. The van der Waals surface area contributed by atoms with Crippen LogP contribution in [-0.4, -0.2) is 15.6 Å². The van der Waals surface area contributed by atoms with E-state index in [1.165, 1.54) is 0 Å². The van der Waals surface area contributed by atoms with Crippen molar-refractivity contribution in [2.24, 2.45) is 0 Å². The summed E-state index contributed by atoms with van der Waals surface area (Å²) in [7, 11) is 0. The Labute approximate surface area is 129 Å². The molecular formula is C13H11BrCl2N2O. The number of rotatable bonds is 3. The number of benzene rings is 1. The van der Waals surface area contributed by atoms with Gasteiger partial charge in [-0.25, -0.2) is 0 Å². The van der Waals surface area contributed by atoms with Gasteiger partial charge in [-0.2, -0.15) is 5.10 Å². The number of hydrogen-bond acceptors (Lipinski definition) is 2. The molecule has 0 saturated heterocycles. The minimum atomic E-state index is -0.181. The fourth-order valence-corrected chi connectivity index (χ4v) is 2.69. The van der Waals surface area contributed by atoms with Gasteiger partial charge in [0, 0.05) is 16.6 Å². The normalized spacial score (nSPS) is 11.1. The number of aromatic nitrogens is 2. The molecule has 1 aromatic carbocycles. The Morgan fingerprint density at radius 3 is 2.63 bits per heavy atom. The molecule has 19 heavy (non-hydrogen) atoms. The van der Waals surface area contributed by atoms with E-state index in [1.54, 1.807) is 29.1 Å². The van der Waals surface area contributed by atoms with Crippen LogP contribution in [0.2, 0.25) is 10.0 Å². The molecule has 0 N–H and O–H groups in total. The first-order valence-electron chi connectivity index (χ1n) is 5.64. The third kappa shape index (κ3) is 2.86. The molecule has 0 aliphatic carbocycles. The van der Waals surface area contributed by atoms with Crippen molar-refractivity contribution in [1.29, 1.82) is 0 Å². The number of nitrogens with zero attached hydrogens (tertiary/aromatic N) is 2. The molecule has 0 amide bonds. The van der Waals surface area contributed by atoms with Gasteiger partial charge in [-0.15, -0.1) is 0 Å². The van der Waals surface area contributed by atoms with Gasteiger partial charge in [0.15, 0.2) is 0 Å². The summed E-state index contributed by atoms with van der Waals surface area (Å²) in [5.74, 6) is -0.181. The second kappa shape index (κ2) is 5.65. The minimum Gasteiger partial charge on any atom is -0.287 e. The largest absolute Gasteiger partial charge is 0.287 e. The highest BCUT2D eigenvalue weighted by atomic mass is 79.9. The first-order valence-corrected chi connectivity index (χ1v) is 7.19. The van der Waals surface area contributed by atoms with Crippen molar-refractivity contribution < 1.29 is 4.79 Å². The summed E-state index contributed by atoms with van der Waals surface area (Å²) >= 11 is 15.3.